The van der Waals surface area contributed by atoms with Gasteiger partial charge >= 0.3 is 5.69 Å². The Bertz CT molecular complexity index is 600. The first-order chi connectivity index (χ1) is 8.61. The molecule has 0 radical (unpaired) electrons. The number of aryl methyl sites for hydroxylation is 1. The Balaban J connectivity index is 2.35. The van der Waals surface area contributed by atoms with Crippen LogP contribution in [-0.4, -0.2) is 21.0 Å². The van der Waals surface area contributed by atoms with Crippen LogP contribution in [0.2, 0.25) is 0 Å². The second-order valence-electron chi connectivity index (χ2n) is 3.98. The van der Waals surface area contributed by atoms with Crippen molar-refractivity contribution in [1.82, 2.24) is 14.3 Å². The molecule has 0 spiro atoms. The van der Waals surface area contributed by atoms with Gasteiger partial charge in [0.05, 0.1) is 13.2 Å². The van der Waals surface area contributed by atoms with Gasteiger partial charge in [-0.05, 0) is 25.1 Å². The summed E-state index contributed by atoms with van der Waals surface area (Å²) in [5.41, 5.74) is 7.07. The molecule has 0 saturated carbocycles. The number of nitrogen functional groups attached to an aromatic ring is 1. The van der Waals surface area contributed by atoms with Gasteiger partial charge in [0.25, 0.3) is 0 Å². The second-order valence-corrected chi connectivity index (χ2v) is 3.98. The number of ether oxygens (including phenoxy) is 1. The standard InChI is InChI=1S/C12H16N4O2/c1-3-18-11-5-4-10(13)6-9(11)7-16-12(17)15(2)8-14-16/h4-6,8H,3,7,13H2,1-2H3. The molecule has 2 N–H and O–H groups in total. The minimum Gasteiger partial charge on any atom is -0.494 e. The molecule has 6 nitrogen and oxygen atoms in total. The van der Waals surface area contributed by atoms with Crippen molar-refractivity contribution in [2.45, 2.75) is 13.5 Å². The van der Waals surface area contributed by atoms with E-state index >= 15 is 0 Å². The summed E-state index contributed by atoms with van der Waals surface area (Å²) in [6.45, 7) is 2.82. The Morgan fingerprint density at radius 2 is 2.22 bits per heavy atom. The lowest BCUT2D eigenvalue weighted by Crippen LogP contribution is -2.23. The summed E-state index contributed by atoms with van der Waals surface area (Å²) >= 11 is 0. The van der Waals surface area contributed by atoms with Crippen LogP contribution in [0, 0.1) is 0 Å². The number of hydrogen-bond acceptors (Lipinski definition) is 4. The Kier molecular flexibility index (Phi) is 3.36. The summed E-state index contributed by atoms with van der Waals surface area (Å²) in [5.74, 6) is 0.726. The Labute approximate surface area is 105 Å². The molecule has 96 valence electrons. The van der Waals surface area contributed by atoms with Crippen molar-refractivity contribution in [3.8, 4) is 5.75 Å². The van der Waals surface area contributed by atoms with E-state index in [1.807, 2.05) is 13.0 Å². The predicted octanol–water partition coefficient (Wildman–Crippen LogP) is 0.611. The first-order valence-electron chi connectivity index (χ1n) is 5.71. The zero-order valence-electron chi connectivity index (χ0n) is 10.5. The van der Waals surface area contributed by atoms with Crippen LogP contribution in [0.25, 0.3) is 0 Å². The Morgan fingerprint density at radius 1 is 1.44 bits per heavy atom. The van der Waals surface area contributed by atoms with E-state index in [0.29, 0.717) is 18.8 Å². The largest absolute Gasteiger partial charge is 0.494 e. The van der Waals surface area contributed by atoms with E-state index in [1.54, 1.807) is 19.2 Å². The van der Waals surface area contributed by atoms with E-state index in [9.17, 15) is 4.79 Å². The van der Waals surface area contributed by atoms with Gasteiger partial charge in [-0.3, -0.25) is 4.57 Å². The quantitative estimate of drug-likeness (QED) is 0.804. The van der Waals surface area contributed by atoms with Gasteiger partial charge in [-0.25, -0.2) is 9.48 Å². The van der Waals surface area contributed by atoms with Gasteiger partial charge in [-0.15, -0.1) is 0 Å². The van der Waals surface area contributed by atoms with E-state index in [-0.39, 0.29) is 5.69 Å². The molecule has 1 aromatic heterocycles. The van der Waals surface area contributed by atoms with Gasteiger partial charge < -0.3 is 10.5 Å². The third-order valence-corrected chi connectivity index (χ3v) is 2.59. The molecule has 0 atom stereocenters. The van der Waals surface area contributed by atoms with Gasteiger partial charge in [0.2, 0.25) is 0 Å². The molecule has 0 unspecified atom stereocenters. The highest BCUT2D eigenvalue weighted by atomic mass is 16.5. The van der Waals surface area contributed by atoms with Crippen molar-refractivity contribution in [3.63, 3.8) is 0 Å². The highest BCUT2D eigenvalue weighted by Crippen LogP contribution is 2.21. The molecule has 0 amide bonds. The van der Waals surface area contributed by atoms with Crippen LogP contribution in [0.15, 0.2) is 29.3 Å². The van der Waals surface area contributed by atoms with Crippen molar-refractivity contribution >= 4 is 5.69 Å². The topological polar surface area (TPSA) is 75.1 Å². The van der Waals surface area contributed by atoms with Gasteiger partial charge in [0.1, 0.15) is 12.1 Å². The number of hydrogen-bond donors (Lipinski definition) is 1. The van der Waals surface area contributed by atoms with Gasteiger partial charge in [-0.1, -0.05) is 0 Å². The minimum atomic E-state index is -0.167. The van der Waals surface area contributed by atoms with Crippen LogP contribution < -0.4 is 16.2 Å². The van der Waals surface area contributed by atoms with Gasteiger partial charge in [-0.2, -0.15) is 5.10 Å². The zero-order valence-corrected chi connectivity index (χ0v) is 10.5. The second kappa shape index (κ2) is 4.95. The van der Waals surface area contributed by atoms with E-state index in [1.165, 1.54) is 15.6 Å². The van der Waals surface area contributed by atoms with E-state index in [4.69, 9.17) is 10.5 Å². The monoisotopic (exact) mass is 248 g/mol. The fourth-order valence-electron chi connectivity index (χ4n) is 1.71. The predicted molar refractivity (Wildman–Crippen MR) is 68.6 cm³/mol. The molecule has 6 heteroatoms. The molecule has 1 aromatic carbocycles. The van der Waals surface area contributed by atoms with Gasteiger partial charge in [0.15, 0.2) is 0 Å². The lowest BCUT2D eigenvalue weighted by atomic mass is 10.2. The number of nitrogens with zero attached hydrogens (tertiary/aromatic N) is 3. The van der Waals surface area contributed by atoms with Crippen molar-refractivity contribution < 1.29 is 4.74 Å². The van der Waals surface area contributed by atoms with E-state index < -0.39 is 0 Å². The molecular weight excluding hydrogens is 232 g/mol. The number of nitrogens with two attached hydrogens (primary N) is 1. The molecule has 0 bridgehead atoms. The number of aromatic nitrogens is 3. The molecule has 0 aliphatic heterocycles. The number of rotatable bonds is 4. The van der Waals surface area contributed by atoms with Crippen molar-refractivity contribution in [3.05, 3.63) is 40.6 Å². The van der Waals surface area contributed by atoms with Crippen molar-refractivity contribution in [1.29, 1.82) is 0 Å². The molecular formula is C12H16N4O2. The normalized spacial score (nSPS) is 10.6. The smallest absolute Gasteiger partial charge is 0.345 e. The molecule has 0 saturated heterocycles. The summed E-state index contributed by atoms with van der Waals surface area (Å²) in [6, 6.07) is 5.38. The summed E-state index contributed by atoms with van der Waals surface area (Å²) < 4.78 is 8.30. The number of benzene rings is 1. The van der Waals surface area contributed by atoms with Crippen LogP contribution >= 0.6 is 0 Å². The lowest BCUT2D eigenvalue weighted by molar-refractivity contribution is 0.335. The highest BCUT2D eigenvalue weighted by Gasteiger charge is 2.08. The van der Waals surface area contributed by atoms with Crippen LogP contribution in [0.1, 0.15) is 12.5 Å². The summed E-state index contributed by atoms with van der Waals surface area (Å²) in [4.78, 5) is 11.7. The lowest BCUT2D eigenvalue weighted by Gasteiger charge is -2.10. The minimum absolute atomic E-state index is 0.167. The maximum absolute atomic E-state index is 11.7. The summed E-state index contributed by atoms with van der Waals surface area (Å²) in [5, 5.41) is 4.01. The average Bonchev–Trinajstić information content (AvgIpc) is 2.65. The first-order valence-corrected chi connectivity index (χ1v) is 5.71. The molecule has 0 fully saturated rings. The molecule has 2 aromatic rings. The van der Waals surface area contributed by atoms with Crippen LogP contribution in [0.3, 0.4) is 0 Å². The Hall–Kier alpha value is -2.24. The maximum atomic E-state index is 11.7. The van der Waals surface area contributed by atoms with Gasteiger partial charge in [0, 0.05) is 18.3 Å². The summed E-state index contributed by atoms with van der Waals surface area (Å²) in [7, 11) is 1.66. The first kappa shape index (κ1) is 12.2. The molecule has 1 heterocycles. The molecule has 2 rings (SSSR count). The maximum Gasteiger partial charge on any atom is 0.345 e. The fraction of sp³-hybridized carbons (Fsp3) is 0.333. The molecule has 0 aliphatic carbocycles. The number of anilines is 1. The van der Waals surface area contributed by atoms with Crippen LogP contribution in [0.4, 0.5) is 5.69 Å². The van der Waals surface area contributed by atoms with E-state index in [2.05, 4.69) is 5.10 Å². The SMILES string of the molecule is CCOc1ccc(N)cc1Cn1ncn(C)c1=O. The summed E-state index contributed by atoms with van der Waals surface area (Å²) in [6.07, 6.45) is 1.48. The average molecular weight is 248 g/mol. The fourth-order valence-corrected chi connectivity index (χ4v) is 1.71. The highest BCUT2D eigenvalue weighted by molar-refractivity contribution is 5.47. The van der Waals surface area contributed by atoms with Crippen LogP contribution in [0.5, 0.6) is 5.75 Å². The Morgan fingerprint density at radius 3 is 2.83 bits per heavy atom. The molecule has 0 aliphatic rings. The molecule has 18 heavy (non-hydrogen) atoms. The third-order valence-electron chi connectivity index (χ3n) is 2.59. The zero-order chi connectivity index (χ0) is 13.1. The van der Waals surface area contributed by atoms with Crippen LogP contribution in [-0.2, 0) is 13.6 Å². The van der Waals surface area contributed by atoms with E-state index in [0.717, 1.165) is 11.3 Å². The third kappa shape index (κ3) is 2.37. The van der Waals surface area contributed by atoms with Crippen molar-refractivity contribution in [2.24, 2.45) is 7.05 Å². The van der Waals surface area contributed by atoms with Crippen molar-refractivity contribution in [2.75, 3.05) is 12.3 Å².